The topological polar surface area (TPSA) is 76.0 Å². The molecule has 2 amide bonds. The van der Waals surface area contributed by atoms with Crippen LogP contribution in [0, 0.1) is 11.2 Å². The van der Waals surface area contributed by atoms with Crippen LogP contribution < -0.4 is 10.6 Å². The zero-order chi connectivity index (χ0) is 22.2. The van der Waals surface area contributed by atoms with Crippen LogP contribution in [-0.4, -0.2) is 21.6 Å². The van der Waals surface area contributed by atoms with Gasteiger partial charge in [-0.1, -0.05) is 26.8 Å². The van der Waals surface area contributed by atoms with E-state index in [4.69, 9.17) is 0 Å². The molecule has 4 rings (SSSR count). The predicted molar refractivity (Wildman–Crippen MR) is 118 cm³/mol. The number of amides is 2. The Hall–Kier alpha value is -3.48. The first kappa shape index (κ1) is 20.8. The Morgan fingerprint density at radius 1 is 1.00 bits per heavy atom. The lowest BCUT2D eigenvalue weighted by molar-refractivity contribution is -0.123. The van der Waals surface area contributed by atoms with E-state index in [-0.39, 0.29) is 17.6 Å². The number of aromatic nitrogens is 2. The van der Waals surface area contributed by atoms with Crippen LogP contribution in [0.3, 0.4) is 0 Å². The molecule has 2 aromatic carbocycles. The Balaban J connectivity index is 1.57. The number of halogens is 1. The molecule has 0 aliphatic heterocycles. The number of hydrogen-bond acceptors (Lipinski definition) is 3. The van der Waals surface area contributed by atoms with Crippen LogP contribution in [0.15, 0.2) is 48.5 Å². The lowest BCUT2D eigenvalue weighted by Crippen LogP contribution is -2.27. The normalized spacial score (nSPS) is 13.0. The van der Waals surface area contributed by atoms with Gasteiger partial charge in [0.2, 0.25) is 5.91 Å². The Kier molecular flexibility index (Phi) is 5.35. The van der Waals surface area contributed by atoms with Gasteiger partial charge in [0.15, 0.2) is 5.69 Å². The first-order valence-corrected chi connectivity index (χ1v) is 10.3. The van der Waals surface area contributed by atoms with Crippen LogP contribution in [0.25, 0.3) is 5.69 Å². The monoisotopic (exact) mass is 420 g/mol. The Morgan fingerprint density at radius 3 is 2.35 bits per heavy atom. The van der Waals surface area contributed by atoms with Crippen LogP contribution in [0.2, 0.25) is 0 Å². The minimum atomic E-state index is -0.521. The van der Waals surface area contributed by atoms with Crippen molar-refractivity contribution in [2.24, 2.45) is 5.41 Å². The highest BCUT2D eigenvalue weighted by Crippen LogP contribution is 2.29. The third kappa shape index (κ3) is 4.35. The largest absolute Gasteiger partial charge is 0.326 e. The molecular formula is C24H25FN4O2. The van der Waals surface area contributed by atoms with E-state index in [0.717, 1.165) is 36.2 Å². The van der Waals surface area contributed by atoms with E-state index in [1.54, 1.807) is 41.1 Å². The molecule has 2 N–H and O–H groups in total. The first-order chi connectivity index (χ1) is 14.7. The molecule has 0 fully saturated rings. The van der Waals surface area contributed by atoms with Crippen molar-refractivity contribution in [2.45, 2.75) is 40.0 Å². The Bertz CT molecular complexity index is 1140. The third-order valence-electron chi connectivity index (χ3n) is 5.28. The van der Waals surface area contributed by atoms with Crippen molar-refractivity contribution in [3.05, 3.63) is 71.3 Å². The standard InChI is InChI=1S/C24H25FN4O2/c1-24(2,3)23(31)27-17-7-4-6-16(14-17)26-22(30)21-19-8-5-9-20(19)29(28-21)18-12-10-15(25)11-13-18/h4,6-7,10-14H,5,8-9H2,1-3H3,(H,26,30)(H,27,31). The number of hydrogen-bond donors (Lipinski definition) is 2. The summed E-state index contributed by atoms with van der Waals surface area (Å²) in [4.78, 5) is 25.3. The van der Waals surface area contributed by atoms with E-state index < -0.39 is 5.41 Å². The van der Waals surface area contributed by atoms with Crippen LogP contribution >= 0.6 is 0 Å². The molecule has 31 heavy (non-hydrogen) atoms. The molecule has 6 nitrogen and oxygen atoms in total. The van der Waals surface area contributed by atoms with Gasteiger partial charge in [0.25, 0.3) is 5.91 Å². The van der Waals surface area contributed by atoms with Crippen LogP contribution in [0.5, 0.6) is 0 Å². The van der Waals surface area contributed by atoms with Crippen molar-refractivity contribution >= 4 is 23.2 Å². The summed E-state index contributed by atoms with van der Waals surface area (Å²) in [6, 6.07) is 13.1. The van der Waals surface area contributed by atoms with Gasteiger partial charge in [0.05, 0.1) is 5.69 Å². The number of nitrogens with zero attached hydrogens (tertiary/aromatic N) is 2. The molecule has 1 aliphatic rings. The zero-order valence-electron chi connectivity index (χ0n) is 17.8. The number of nitrogens with one attached hydrogen (secondary N) is 2. The van der Waals surface area contributed by atoms with E-state index in [9.17, 15) is 14.0 Å². The van der Waals surface area contributed by atoms with Crippen molar-refractivity contribution < 1.29 is 14.0 Å². The van der Waals surface area contributed by atoms with Gasteiger partial charge in [-0.3, -0.25) is 9.59 Å². The third-order valence-corrected chi connectivity index (χ3v) is 5.28. The maximum Gasteiger partial charge on any atom is 0.276 e. The van der Waals surface area contributed by atoms with E-state index >= 15 is 0 Å². The summed E-state index contributed by atoms with van der Waals surface area (Å²) in [5, 5.41) is 10.3. The number of anilines is 2. The lowest BCUT2D eigenvalue weighted by Gasteiger charge is -2.18. The molecule has 0 saturated heterocycles. The minimum Gasteiger partial charge on any atom is -0.326 e. The maximum atomic E-state index is 13.3. The van der Waals surface area contributed by atoms with Gasteiger partial charge in [-0.05, 0) is 61.7 Å². The fourth-order valence-corrected chi connectivity index (χ4v) is 3.60. The molecule has 7 heteroatoms. The number of carbonyl (C=O) groups excluding carboxylic acids is 2. The average Bonchev–Trinajstić information content (AvgIpc) is 3.31. The second kappa shape index (κ2) is 7.98. The maximum absolute atomic E-state index is 13.3. The summed E-state index contributed by atoms with van der Waals surface area (Å²) in [5.41, 5.74) is 3.68. The summed E-state index contributed by atoms with van der Waals surface area (Å²) in [7, 11) is 0. The summed E-state index contributed by atoms with van der Waals surface area (Å²) < 4.78 is 15.0. The number of rotatable bonds is 4. The molecule has 0 spiro atoms. The van der Waals surface area contributed by atoms with Gasteiger partial charge in [-0.25, -0.2) is 9.07 Å². The van der Waals surface area contributed by atoms with Crippen molar-refractivity contribution in [3.8, 4) is 5.69 Å². The van der Waals surface area contributed by atoms with Crippen LogP contribution in [-0.2, 0) is 17.6 Å². The summed E-state index contributed by atoms with van der Waals surface area (Å²) in [5.74, 6) is -0.728. The molecule has 160 valence electrons. The van der Waals surface area contributed by atoms with Crippen LogP contribution in [0.4, 0.5) is 15.8 Å². The number of fused-ring (bicyclic) bond motifs is 1. The lowest BCUT2D eigenvalue weighted by atomic mass is 9.95. The van der Waals surface area contributed by atoms with Crippen molar-refractivity contribution in [1.82, 2.24) is 9.78 Å². The van der Waals surface area contributed by atoms with E-state index in [1.165, 1.54) is 12.1 Å². The number of carbonyl (C=O) groups is 2. The molecule has 3 aromatic rings. The van der Waals surface area contributed by atoms with Crippen LogP contribution in [0.1, 0.15) is 48.9 Å². The predicted octanol–water partition coefficient (Wildman–Crippen LogP) is 4.74. The number of benzene rings is 2. The van der Waals surface area contributed by atoms with E-state index in [2.05, 4.69) is 15.7 Å². The Morgan fingerprint density at radius 2 is 1.68 bits per heavy atom. The van der Waals surface area contributed by atoms with Gasteiger partial charge in [-0.15, -0.1) is 0 Å². The second-order valence-electron chi connectivity index (χ2n) is 8.75. The molecule has 1 aliphatic carbocycles. The summed E-state index contributed by atoms with van der Waals surface area (Å²) in [6.07, 6.45) is 2.55. The fraction of sp³-hybridized carbons (Fsp3) is 0.292. The van der Waals surface area contributed by atoms with Crippen molar-refractivity contribution in [3.63, 3.8) is 0 Å². The minimum absolute atomic E-state index is 0.105. The summed E-state index contributed by atoms with van der Waals surface area (Å²) in [6.45, 7) is 5.52. The molecule has 1 heterocycles. The average molecular weight is 420 g/mol. The second-order valence-corrected chi connectivity index (χ2v) is 8.75. The SMILES string of the molecule is CC(C)(C)C(=O)Nc1cccc(NC(=O)c2nn(-c3ccc(F)cc3)c3c2CCC3)c1. The Labute approximate surface area is 180 Å². The van der Waals surface area contributed by atoms with Gasteiger partial charge >= 0.3 is 0 Å². The molecule has 0 unspecified atom stereocenters. The highest BCUT2D eigenvalue weighted by molar-refractivity contribution is 6.04. The summed E-state index contributed by atoms with van der Waals surface area (Å²) >= 11 is 0. The zero-order valence-corrected chi connectivity index (χ0v) is 17.8. The first-order valence-electron chi connectivity index (χ1n) is 10.3. The molecule has 0 atom stereocenters. The molecule has 0 bridgehead atoms. The van der Waals surface area contributed by atoms with Gasteiger partial charge < -0.3 is 10.6 Å². The van der Waals surface area contributed by atoms with Gasteiger partial charge in [0, 0.05) is 28.0 Å². The molecule has 0 radical (unpaired) electrons. The quantitative estimate of drug-likeness (QED) is 0.640. The fourth-order valence-electron chi connectivity index (χ4n) is 3.60. The van der Waals surface area contributed by atoms with Gasteiger partial charge in [-0.2, -0.15) is 5.10 Å². The van der Waals surface area contributed by atoms with E-state index in [1.807, 2.05) is 20.8 Å². The smallest absolute Gasteiger partial charge is 0.276 e. The molecular weight excluding hydrogens is 395 g/mol. The van der Waals surface area contributed by atoms with Gasteiger partial charge in [0.1, 0.15) is 5.82 Å². The molecule has 0 saturated carbocycles. The van der Waals surface area contributed by atoms with Crippen molar-refractivity contribution in [2.75, 3.05) is 10.6 Å². The molecule has 1 aromatic heterocycles. The van der Waals surface area contributed by atoms with E-state index in [0.29, 0.717) is 17.1 Å². The van der Waals surface area contributed by atoms with Crippen molar-refractivity contribution in [1.29, 1.82) is 0 Å². The highest BCUT2D eigenvalue weighted by Gasteiger charge is 2.27. The highest BCUT2D eigenvalue weighted by atomic mass is 19.1.